The second-order valence-electron chi connectivity index (χ2n) is 7.93. The first-order chi connectivity index (χ1) is 15.7. The lowest BCUT2D eigenvalue weighted by molar-refractivity contribution is -0.149. The van der Waals surface area contributed by atoms with Crippen LogP contribution >= 0.6 is 0 Å². The number of pyridine rings is 1. The average molecular weight is 466 g/mol. The molecule has 2 aromatic rings. The number of aromatic nitrogens is 1. The molecule has 3 heterocycles. The Hall–Kier alpha value is -3.37. The van der Waals surface area contributed by atoms with Gasteiger partial charge in [-0.3, -0.25) is 9.59 Å². The lowest BCUT2D eigenvalue weighted by atomic mass is 9.98. The lowest BCUT2D eigenvalue weighted by Gasteiger charge is -2.42. The topological polar surface area (TPSA) is 66.0 Å². The van der Waals surface area contributed by atoms with Crippen molar-refractivity contribution >= 4 is 17.6 Å². The van der Waals surface area contributed by atoms with Gasteiger partial charge in [-0.05, 0) is 24.3 Å². The van der Waals surface area contributed by atoms with Crippen molar-refractivity contribution < 1.29 is 31.9 Å². The first-order valence-corrected chi connectivity index (χ1v) is 10.4. The van der Waals surface area contributed by atoms with Crippen molar-refractivity contribution in [3.05, 3.63) is 54.0 Å². The van der Waals surface area contributed by atoms with Gasteiger partial charge in [-0.25, -0.2) is 9.37 Å². The summed E-state index contributed by atoms with van der Waals surface area (Å²) >= 11 is 0. The molecule has 1 aromatic heterocycles. The number of hydrogen-bond acceptors (Lipinski definition) is 5. The maximum Gasteiger partial charge on any atom is 0.417 e. The van der Waals surface area contributed by atoms with Crippen LogP contribution < -0.4 is 9.64 Å². The van der Waals surface area contributed by atoms with Crippen LogP contribution in [0.1, 0.15) is 5.56 Å². The van der Waals surface area contributed by atoms with Crippen LogP contribution in [0.3, 0.4) is 0 Å². The number of nitrogens with zero attached hydrogens (tertiary/aromatic N) is 4. The van der Waals surface area contributed by atoms with E-state index in [0.717, 1.165) is 12.3 Å². The molecule has 176 valence electrons. The van der Waals surface area contributed by atoms with Crippen LogP contribution in [0, 0.1) is 11.7 Å². The number of likely N-dealkylation sites (tertiary alicyclic amines) is 1. The van der Waals surface area contributed by atoms with Gasteiger partial charge in [0, 0.05) is 45.5 Å². The molecule has 0 N–H and O–H groups in total. The molecule has 0 radical (unpaired) electrons. The zero-order chi connectivity index (χ0) is 23.6. The van der Waals surface area contributed by atoms with Gasteiger partial charge >= 0.3 is 6.18 Å². The smallest absolute Gasteiger partial charge is 0.417 e. The van der Waals surface area contributed by atoms with E-state index in [1.165, 1.54) is 29.2 Å². The zero-order valence-electron chi connectivity index (χ0n) is 17.6. The quantitative estimate of drug-likeness (QED) is 0.634. The minimum Gasteiger partial charge on any atom is -0.481 e. The summed E-state index contributed by atoms with van der Waals surface area (Å²) in [7, 11) is 0. The highest BCUT2D eigenvalue weighted by atomic mass is 19.4. The van der Waals surface area contributed by atoms with Crippen molar-refractivity contribution in [2.75, 3.05) is 50.8 Å². The SMILES string of the molecule is O=C(COc1ccccc1F)N1CC(C(=O)N2CCN(c3ccc(C(F)(F)F)cn3)CC2)C1. The maximum atomic E-state index is 13.6. The Morgan fingerprint density at radius 1 is 1.00 bits per heavy atom. The molecule has 1 aromatic carbocycles. The van der Waals surface area contributed by atoms with E-state index in [4.69, 9.17) is 4.74 Å². The van der Waals surface area contributed by atoms with Gasteiger partial charge in [-0.2, -0.15) is 13.2 Å². The fourth-order valence-electron chi connectivity index (χ4n) is 3.79. The average Bonchev–Trinajstić information content (AvgIpc) is 2.77. The molecule has 2 saturated heterocycles. The summed E-state index contributed by atoms with van der Waals surface area (Å²) in [5, 5.41) is 0. The largest absolute Gasteiger partial charge is 0.481 e. The Kier molecular flexibility index (Phi) is 6.39. The summed E-state index contributed by atoms with van der Waals surface area (Å²) in [6, 6.07) is 8.13. The van der Waals surface area contributed by atoms with Crippen LogP contribution in [-0.4, -0.2) is 72.5 Å². The second kappa shape index (κ2) is 9.24. The molecule has 2 aliphatic heterocycles. The van der Waals surface area contributed by atoms with E-state index in [1.54, 1.807) is 11.0 Å². The predicted molar refractivity (Wildman–Crippen MR) is 110 cm³/mol. The number of alkyl halides is 3. The fraction of sp³-hybridized carbons (Fsp3) is 0.409. The summed E-state index contributed by atoms with van der Waals surface area (Å²) in [6.07, 6.45) is -3.62. The molecule has 0 spiro atoms. The Balaban J connectivity index is 1.21. The van der Waals surface area contributed by atoms with E-state index in [9.17, 15) is 27.2 Å². The molecule has 11 heteroatoms. The number of ether oxygens (including phenoxy) is 1. The van der Waals surface area contributed by atoms with E-state index in [2.05, 4.69) is 4.98 Å². The Morgan fingerprint density at radius 2 is 1.70 bits per heavy atom. The van der Waals surface area contributed by atoms with Crippen LogP contribution in [0.4, 0.5) is 23.4 Å². The van der Waals surface area contributed by atoms with Crippen molar-refractivity contribution in [1.29, 1.82) is 0 Å². The van der Waals surface area contributed by atoms with Gasteiger partial charge in [0.1, 0.15) is 5.82 Å². The van der Waals surface area contributed by atoms with Gasteiger partial charge < -0.3 is 19.4 Å². The monoisotopic (exact) mass is 466 g/mol. The van der Waals surface area contributed by atoms with Crippen molar-refractivity contribution in [2.24, 2.45) is 5.92 Å². The minimum atomic E-state index is -4.43. The van der Waals surface area contributed by atoms with E-state index in [-0.39, 0.29) is 43.2 Å². The summed E-state index contributed by atoms with van der Waals surface area (Å²) < 4.78 is 56.8. The second-order valence-corrected chi connectivity index (χ2v) is 7.93. The first-order valence-electron chi connectivity index (χ1n) is 10.4. The first kappa shape index (κ1) is 22.8. The molecule has 2 amide bonds. The predicted octanol–water partition coefficient (Wildman–Crippen LogP) is 2.43. The highest BCUT2D eigenvalue weighted by Gasteiger charge is 2.39. The molecule has 33 heavy (non-hydrogen) atoms. The Labute approximate surface area is 187 Å². The number of para-hydroxylation sites is 1. The van der Waals surface area contributed by atoms with Crippen molar-refractivity contribution in [1.82, 2.24) is 14.8 Å². The Morgan fingerprint density at radius 3 is 2.30 bits per heavy atom. The highest BCUT2D eigenvalue weighted by Crippen LogP contribution is 2.29. The summed E-state index contributed by atoms with van der Waals surface area (Å²) in [6.45, 7) is 2.00. The summed E-state index contributed by atoms with van der Waals surface area (Å²) in [4.78, 5) is 33.8. The van der Waals surface area contributed by atoms with Gasteiger partial charge in [-0.1, -0.05) is 12.1 Å². The standard InChI is InChI=1S/C22H22F4N4O3/c23-17-3-1-2-4-18(17)33-14-20(31)30-12-15(13-30)21(32)29-9-7-28(8-10-29)19-6-5-16(11-27-19)22(24,25)26/h1-6,11,15H,7-10,12-14H2. The number of benzene rings is 1. The third-order valence-corrected chi connectivity index (χ3v) is 5.76. The number of carbonyl (C=O) groups is 2. The molecule has 2 aliphatic rings. The third-order valence-electron chi connectivity index (χ3n) is 5.76. The molecule has 0 atom stereocenters. The van der Waals surface area contributed by atoms with Crippen molar-refractivity contribution in [3.63, 3.8) is 0 Å². The highest BCUT2D eigenvalue weighted by molar-refractivity contribution is 5.85. The fourth-order valence-corrected chi connectivity index (χ4v) is 3.79. The molecule has 0 unspecified atom stereocenters. The maximum absolute atomic E-state index is 13.6. The number of piperazine rings is 1. The normalized spacial score (nSPS) is 17.0. The van der Waals surface area contributed by atoms with E-state index < -0.39 is 17.6 Å². The number of halogens is 4. The van der Waals surface area contributed by atoms with E-state index in [1.807, 2.05) is 4.90 Å². The van der Waals surface area contributed by atoms with Crippen molar-refractivity contribution in [2.45, 2.75) is 6.18 Å². The summed E-state index contributed by atoms with van der Waals surface area (Å²) in [5.74, 6) is -0.801. The van der Waals surface area contributed by atoms with Crippen LogP contribution in [0.15, 0.2) is 42.6 Å². The number of rotatable bonds is 5. The number of amides is 2. The van der Waals surface area contributed by atoms with Gasteiger partial charge in [0.15, 0.2) is 18.2 Å². The summed E-state index contributed by atoms with van der Waals surface area (Å²) in [5.41, 5.74) is -0.802. The molecular formula is C22H22F4N4O3. The third kappa shape index (κ3) is 5.18. The van der Waals surface area contributed by atoms with Gasteiger partial charge in [-0.15, -0.1) is 0 Å². The van der Waals surface area contributed by atoms with Crippen LogP contribution in [0.2, 0.25) is 0 Å². The van der Waals surface area contributed by atoms with Crippen LogP contribution in [-0.2, 0) is 15.8 Å². The Bertz CT molecular complexity index is 1000. The minimum absolute atomic E-state index is 0.000549. The molecule has 0 aliphatic carbocycles. The van der Waals surface area contributed by atoms with E-state index >= 15 is 0 Å². The van der Waals surface area contributed by atoms with Gasteiger partial charge in [0.25, 0.3) is 5.91 Å². The van der Waals surface area contributed by atoms with E-state index in [0.29, 0.717) is 32.0 Å². The molecular weight excluding hydrogens is 444 g/mol. The number of hydrogen-bond donors (Lipinski definition) is 0. The molecule has 7 nitrogen and oxygen atoms in total. The number of carbonyl (C=O) groups excluding carboxylic acids is 2. The van der Waals surface area contributed by atoms with Crippen LogP contribution in [0.25, 0.3) is 0 Å². The van der Waals surface area contributed by atoms with Crippen LogP contribution in [0.5, 0.6) is 5.75 Å². The van der Waals surface area contributed by atoms with Crippen molar-refractivity contribution in [3.8, 4) is 5.75 Å². The lowest BCUT2D eigenvalue weighted by Crippen LogP contribution is -2.59. The molecule has 0 bridgehead atoms. The van der Waals surface area contributed by atoms with Gasteiger partial charge in [0.05, 0.1) is 11.5 Å². The molecule has 0 saturated carbocycles. The number of anilines is 1. The zero-order valence-corrected chi connectivity index (χ0v) is 17.6. The molecule has 4 rings (SSSR count). The molecule has 2 fully saturated rings. The van der Waals surface area contributed by atoms with Gasteiger partial charge in [0.2, 0.25) is 5.91 Å².